The minimum absolute atomic E-state index is 0.0192. The van der Waals surface area contributed by atoms with E-state index in [0.29, 0.717) is 12.1 Å². The topological polar surface area (TPSA) is 46.1 Å². The first kappa shape index (κ1) is 14.6. The number of rotatable bonds is 2. The molecule has 0 bridgehead atoms. The zero-order valence-corrected chi connectivity index (χ0v) is 13.2. The first-order valence-corrected chi connectivity index (χ1v) is 8.09. The Morgan fingerprint density at radius 3 is 2.75 bits per heavy atom. The maximum Gasteiger partial charge on any atom is 0.259 e. The van der Waals surface area contributed by atoms with Gasteiger partial charge in [0.05, 0.1) is 16.9 Å². The molecule has 0 saturated carbocycles. The Morgan fingerprint density at radius 1 is 1.00 bits per heavy atom. The van der Waals surface area contributed by atoms with E-state index >= 15 is 0 Å². The molecular formula is C20H17N3O. The summed E-state index contributed by atoms with van der Waals surface area (Å²) in [5.41, 5.74) is 4.52. The van der Waals surface area contributed by atoms with E-state index in [0.717, 1.165) is 35.3 Å². The van der Waals surface area contributed by atoms with Crippen molar-refractivity contribution < 1.29 is 4.79 Å². The van der Waals surface area contributed by atoms with Crippen molar-refractivity contribution in [3.05, 3.63) is 78.4 Å². The van der Waals surface area contributed by atoms with Crippen molar-refractivity contribution in [2.45, 2.75) is 12.8 Å². The van der Waals surface area contributed by atoms with Gasteiger partial charge in [0.1, 0.15) is 0 Å². The molecule has 1 aliphatic heterocycles. The number of aryl methyl sites for hydroxylation is 1. The normalized spacial score (nSPS) is 13.4. The smallest absolute Gasteiger partial charge is 0.259 e. The molecule has 1 aliphatic rings. The van der Waals surface area contributed by atoms with Crippen molar-refractivity contribution in [2.75, 3.05) is 11.4 Å². The molecule has 0 radical (unpaired) electrons. The Hall–Kier alpha value is -3.01. The summed E-state index contributed by atoms with van der Waals surface area (Å²) in [7, 11) is 0. The summed E-state index contributed by atoms with van der Waals surface area (Å²) in [5, 5.41) is 0. The van der Waals surface area contributed by atoms with Crippen molar-refractivity contribution in [1.82, 2.24) is 9.97 Å². The number of aromatic nitrogens is 2. The summed E-state index contributed by atoms with van der Waals surface area (Å²) in [6, 6.07) is 15.7. The van der Waals surface area contributed by atoms with Crippen LogP contribution in [0.15, 0.2) is 67.1 Å². The lowest BCUT2D eigenvalue weighted by Crippen LogP contribution is -2.35. The molecule has 0 fully saturated rings. The predicted octanol–water partition coefficient (Wildman–Crippen LogP) is 3.74. The van der Waals surface area contributed by atoms with Crippen LogP contribution >= 0.6 is 0 Å². The van der Waals surface area contributed by atoms with Crippen molar-refractivity contribution in [3.8, 4) is 11.1 Å². The van der Waals surface area contributed by atoms with Gasteiger partial charge in [-0.3, -0.25) is 14.8 Å². The third-order valence-electron chi connectivity index (χ3n) is 4.29. The molecular weight excluding hydrogens is 298 g/mol. The Balaban J connectivity index is 1.69. The highest BCUT2D eigenvalue weighted by Crippen LogP contribution is 2.27. The molecule has 0 spiro atoms. The van der Waals surface area contributed by atoms with Crippen molar-refractivity contribution in [3.63, 3.8) is 0 Å². The van der Waals surface area contributed by atoms with Gasteiger partial charge in [-0.2, -0.15) is 0 Å². The molecule has 2 aromatic heterocycles. The highest BCUT2D eigenvalue weighted by Gasteiger charge is 2.24. The van der Waals surface area contributed by atoms with Crippen molar-refractivity contribution >= 4 is 11.6 Å². The quantitative estimate of drug-likeness (QED) is 0.724. The van der Waals surface area contributed by atoms with Gasteiger partial charge in [0.15, 0.2) is 0 Å². The second kappa shape index (κ2) is 6.24. The highest BCUT2D eigenvalue weighted by molar-refractivity contribution is 6.07. The average molecular weight is 315 g/mol. The summed E-state index contributed by atoms with van der Waals surface area (Å²) >= 11 is 0. The molecule has 118 valence electrons. The number of carbonyl (C=O) groups excluding carboxylic acids is 1. The van der Waals surface area contributed by atoms with E-state index in [1.807, 2.05) is 53.4 Å². The predicted molar refractivity (Wildman–Crippen MR) is 93.9 cm³/mol. The summed E-state index contributed by atoms with van der Waals surface area (Å²) in [6.45, 7) is 0.715. The van der Waals surface area contributed by atoms with Crippen LogP contribution < -0.4 is 4.90 Å². The maximum absolute atomic E-state index is 13.0. The zero-order chi connectivity index (χ0) is 16.4. The fourth-order valence-electron chi connectivity index (χ4n) is 3.11. The van der Waals surface area contributed by atoms with Crippen LogP contribution in [0.5, 0.6) is 0 Å². The number of hydrogen-bond donors (Lipinski definition) is 0. The third kappa shape index (κ3) is 2.67. The van der Waals surface area contributed by atoms with Gasteiger partial charge in [-0.15, -0.1) is 0 Å². The summed E-state index contributed by atoms with van der Waals surface area (Å²) < 4.78 is 0. The second-order valence-corrected chi connectivity index (χ2v) is 5.86. The number of carbonyl (C=O) groups is 1. The van der Waals surface area contributed by atoms with Crippen LogP contribution in [0.25, 0.3) is 11.1 Å². The van der Waals surface area contributed by atoms with E-state index in [-0.39, 0.29) is 5.91 Å². The molecule has 4 heteroatoms. The molecule has 4 nitrogen and oxygen atoms in total. The third-order valence-corrected chi connectivity index (χ3v) is 4.29. The lowest BCUT2D eigenvalue weighted by molar-refractivity contribution is 0.0984. The van der Waals surface area contributed by atoms with Gasteiger partial charge in [0, 0.05) is 30.7 Å². The lowest BCUT2D eigenvalue weighted by atomic mass is 10.0. The standard InChI is InChI=1S/C20H17N3O/c24-20(23-11-5-8-18-19(23)9-4-10-22-18)17-12-16(13-21-14-17)15-6-2-1-3-7-15/h1-4,6-7,9-10,12-14H,5,8,11H2. The molecule has 1 amide bonds. The Bertz CT molecular complexity index is 877. The molecule has 3 heterocycles. The Kier molecular flexibility index (Phi) is 3.79. The zero-order valence-electron chi connectivity index (χ0n) is 13.2. The fraction of sp³-hybridized carbons (Fsp3) is 0.150. The van der Waals surface area contributed by atoms with Crippen LogP contribution in [0.1, 0.15) is 22.5 Å². The van der Waals surface area contributed by atoms with Crippen LogP contribution in [0.4, 0.5) is 5.69 Å². The maximum atomic E-state index is 13.0. The van der Waals surface area contributed by atoms with E-state index in [4.69, 9.17) is 0 Å². The molecule has 24 heavy (non-hydrogen) atoms. The molecule has 1 aromatic carbocycles. The van der Waals surface area contributed by atoms with Gasteiger partial charge in [0.2, 0.25) is 0 Å². The minimum atomic E-state index is -0.0192. The van der Waals surface area contributed by atoms with Gasteiger partial charge in [-0.1, -0.05) is 30.3 Å². The van der Waals surface area contributed by atoms with Crippen LogP contribution in [-0.4, -0.2) is 22.4 Å². The second-order valence-electron chi connectivity index (χ2n) is 5.86. The Morgan fingerprint density at radius 2 is 1.88 bits per heavy atom. The number of fused-ring (bicyclic) bond motifs is 1. The van der Waals surface area contributed by atoms with Crippen LogP contribution in [0.3, 0.4) is 0 Å². The largest absolute Gasteiger partial charge is 0.306 e. The van der Waals surface area contributed by atoms with Crippen molar-refractivity contribution in [2.24, 2.45) is 0 Å². The lowest BCUT2D eigenvalue weighted by Gasteiger charge is -2.28. The molecule has 0 N–H and O–H groups in total. The molecule has 0 unspecified atom stereocenters. The minimum Gasteiger partial charge on any atom is -0.306 e. The summed E-state index contributed by atoms with van der Waals surface area (Å²) in [5.74, 6) is -0.0192. The number of anilines is 1. The number of hydrogen-bond acceptors (Lipinski definition) is 3. The number of nitrogens with zero attached hydrogens (tertiary/aromatic N) is 3. The number of amides is 1. The first-order chi connectivity index (χ1) is 11.8. The first-order valence-electron chi connectivity index (χ1n) is 8.09. The van der Waals surface area contributed by atoms with Crippen LogP contribution in [0.2, 0.25) is 0 Å². The van der Waals surface area contributed by atoms with Crippen LogP contribution in [-0.2, 0) is 6.42 Å². The van der Waals surface area contributed by atoms with E-state index in [9.17, 15) is 4.79 Å². The number of pyridine rings is 2. The Labute approximate surface area is 140 Å². The molecule has 0 saturated heterocycles. The van der Waals surface area contributed by atoms with Gasteiger partial charge in [-0.25, -0.2) is 0 Å². The summed E-state index contributed by atoms with van der Waals surface area (Å²) in [4.78, 5) is 23.5. The van der Waals surface area contributed by atoms with E-state index in [2.05, 4.69) is 9.97 Å². The van der Waals surface area contributed by atoms with Crippen LogP contribution in [0, 0.1) is 0 Å². The SMILES string of the molecule is O=C(c1cncc(-c2ccccc2)c1)N1CCCc2ncccc21. The van der Waals surface area contributed by atoms with E-state index < -0.39 is 0 Å². The van der Waals surface area contributed by atoms with E-state index in [1.54, 1.807) is 18.6 Å². The fourth-order valence-corrected chi connectivity index (χ4v) is 3.11. The van der Waals surface area contributed by atoms with Gasteiger partial charge < -0.3 is 4.90 Å². The molecule has 4 rings (SSSR count). The van der Waals surface area contributed by atoms with Gasteiger partial charge in [0.25, 0.3) is 5.91 Å². The van der Waals surface area contributed by atoms with Crippen molar-refractivity contribution in [1.29, 1.82) is 0 Å². The number of benzene rings is 1. The highest BCUT2D eigenvalue weighted by atomic mass is 16.2. The monoisotopic (exact) mass is 315 g/mol. The average Bonchev–Trinajstić information content (AvgIpc) is 2.68. The summed E-state index contributed by atoms with van der Waals surface area (Å²) in [6.07, 6.45) is 7.06. The molecule has 0 aliphatic carbocycles. The molecule has 0 atom stereocenters. The van der Waals surface area contributed by atoms with Gasteiger partial charge in [-0.05, 0) is 36.6 Å². The van der Waals surface area contributed by atoms with E-state index in [1.165, 1.54) is 0 Å². The van der Waals surface area contributed by atoms with Gasteiger partial charge >= 0.3 is 0 Å². The molecule has 3 aromatic rings.